The van der Waals surface area contributed by atoms with Crippen LogP contribution in [0.15, 0.2) is 24.3 Å². The number of benzene rings is 1. The van der Waals surface area contributed by atoms with E-state index in [1.807, 2.05) is 19.2 Å². The molecule has 1 aromatic heterocycles. The molecule has 0 spiro atoms. The normalized spacial score (nSPS) is 25.0. The number of aliphatic hydroxyl groups is 1. The maximum atomic E-state index is 13.6. The molecule has 3 unspecified atom stereocenters. The summed E-state index contributed by atoms with van der Waals surface area (Å²) in [5.41, 5.74) is 6.11. The van der Waals surface area contributed by atoms with Crippen molar-refractivity contribution >= 4 is 22.4 Å². The number of hydrogen-bond donors (Lipinski definition) is 3. The fraction of sp³-hybridized carbons (Fsp3) is 0.522. The molecule has 5 nitrogen and oxygen atoms in total. The number of fused-ring (bicyclic) bond motifs is 2. The molecule has 0 saturated heterocycles. The summed E-state index contributed by atoms with van der Waals surface area (Å²) in [6, 6.07) is 4.81. The average Bonchev–Trinajstić information content (AvgIpc) is 3.48. The SMILES string of the molecule is CN1CC(C(=O)NC(CO)C(C)(F)F)C=C2c3cccc4[nH]c(C5CC5)c(c34)CC21. The van der Waals surface area contributed by atoms with Crippen molar-refractivity contribution < 1.29 is 18.7 Å². The lowest BCUT2D eigenvalue weighted by molar-refractivity contribution is -0.129. The van der Waals surface area contributed by atoms with Crippen molar-refractivity contribution in [1.29, 1.82) is 0 Å². The second-order valence-corrected chi connectivity index (χ2v) is 9.11. The predicted octanol–water partition coefficient (Wildman–Crippen LogP) is 3.05. The molecule has 5 rings (SSSR count). The van der Waals surface area contributed by atoms with E-state index in [-0.39, 0.29) is 6.04 Å². The largest absolute Gasteiger partial charge is 0.394 e. The molecule has 0 radical (unpaired) electrons. The van der Waals surface area contributed by atoms with Gasteiger partial charge in [-0.1, -0.05) is 18.2 Å². The van der Waals surface area contributed by atoms with Crippen molar-refractivity contribution in [2.75, 3.05) is 20.2 Å². The summed E-state index contributed by atoms with van der Waals surface area (Å²) in [7, 11) is 1.99. The van der Waals surface area contributed by atoms with Crippen LogP contribution in [0.3, 0.4) is 0 Å². The number of likely N-dealkylation sites (N-methyl/N-ethyl adjacent to an activating group) is 1. The standard InChI is InChI=1S/C23H27F2N3O2/c1-23(24,25)19(11-29)27-22(30)13-8-15-14-4-3-5-17-20(14)16(9-18(15)28(2)10-13)21(26-17)12-6-7-12/h3-5,8,12-13,18-19,26,29H,6-7,9-11H2,1-2H3,(H,27,30). The summed E-state index contributed by atoms with van der Waals surface area (Å²) in [6.07, 6.45) is 5.30. The molecule has 30 heavy (non-hydrogen) atoms. The van der Waals surface area contributed by atoms with E-state index in [9.17, 15) is 18.7 Å². The number of amides is 1. The zero-order chi connectivity index (χ0) is 21.2. The molecule has 3 aliphatic rings. The lowest BCUT2D eigenvalue weighted by Crippen LogP contribution is -2.53. The highest BCUT2D eigenvalue weighted by Gasteiger charge is 2.40. The van der Waals surface area contributed by atoms with E-state index < -0.39 is 30.4 Å². The minimum atomic E-state index is -3.18. The van der Waals surface area contributed by atoms with Crippen molar-refractivity contribution in [2.45, 2.75) is 50.1 Å². The summed E-state index contributed by atoms with van der Waals surface area (Å²) < 4.78 is 27.3. The first-order valence-electron chi connectivity index (χ1n) is 10.6. The number of rotatable bonds is 5. The highest BCUT2D eigenvalue weighted by molar-refractivity contribution is 6.00. The van der Waals surface area contributed by atoms with Gasteiger partial charge in [0.05, 0.1) is 12.5 Å². The van der Waals surface area contributed by atoms with Gasteiger partial charge in [0.2, 0.25) is 5.91 Å². The molecular weight excluding hydrogens is 388 g/mol. The first kappa shape index (κ1) is 19.7. The molecule has 1 aliphatic heterocycles. The minimum Gasteiger partial charge on any atom is -0.394 e. The van der Waals surface area contributed by atoms with Gasteiger partial charge in [0.15, 0.2) is 0 Å². The molecule has 1 saturated carbocycles. The van der Waals surface area contributed by atoms with Crippen LogP contribution in [0.1, 0.15) is 42.5 Å². The van der Waals surface area contributed by atoms with Gasteiger partial charge in [-0.3, -0.25) is 9.69 Å². The molecule has 2 aliphatic carbocycles. The molecule has 7 heteroatoms. The third-order valence-corrected chi connectivity index (χ3v) is 6.86. The van der Waals surface area contributed by atoms with Crippen LogP contribution in [0.5, 0.6) is 0 Å². The molecule has 1 fully saturated rings. The van der Waals surface area contributed by atoms with Gasteiger partial charge < -0.3 is 15.4 Å². The van der Waals surface area contributed by atoms with Crippen LogP contribution in [0, 0.1) is 5.92 Å². The Kier molecular flexibility index (Phi) is 4.52. The first-order valence-corrected chi connectivity index (χ1v) is 10.6. The van der Waals surface area contributed by atoms with Crippen LogP contribution in [0.25, 0.3) is 16.5 Å². The quantitative estimate of drug-likeness (QED) is 0.703. The summed E-state index contributed by atoms with van der Waals surface area (Å²) in [4.78, 5) is 18.6. The van der Waals surface area contributed by atoms with Crippen molar-refractivity contribution in [3.8, 4) is 0 Å². The summed E-state index contributed by atoms with van der Waals surface area (Å²) in [6.45, 7) is 0.372. The second kappa shape index (κ2) is 6.89. The van der Waals surface area contributed by atoms with Gasteiger partial charge in [0, 0.05) is 36.1 Å². The zero-order valence-electron chi connectivity index (χ0n) is 17.2. The number of aromatic amines is 1. The van der Waals surface area contributed by atoms with E-state index in [0.29, 0.717) is 19.4 Å². The Morgan fingerprint density at radius 2 is 2.17 bits per heavy atom. The van der Waals surface area contributed by atoms with Gasteiger partial charge in [-0.05, 0) is 55.0 Å². The number of aromatic nitrogens is 1. The van der Waals surface area contributed by atoms with Gasteiger partial charge in [-0.15, -0.1) is 0 Å². The topological polar surface area (TPSA) is 68.4 Å². The Morgan fingerprint density at radius 3 is 2.83 bits per heavy atom. The number of halogens is 2. The average molecular weight is 415 g/mol. The monoisotopic (exact) mass is 415 g/mol. The Bertz CT molecular complexity index is 1030. The molecular formula is C23H27F2N3O2. The fourth-order valence-corrected chi connectivity index (χ4v) is 5.06. The Balaban J connectivity index is 1.52. The van der Waals surface area contributed by atoms with E-state index in [2.05, 4.69) is 27.3 Å². The molecule has 2 heterocycles. The molecule has 2 aromatic rings. The lowest BCUT2D eigenvalue weighted by Gasteiger charge is -2.40. The van der Waals surface area contributed by atoms with E-state index in [1.54, 1.807) is 0 Å². The van der Waals surface area contributed by atoms with Gasteiger partial charge in [0.25, 0.3) is 5.92 Å². The predicted molar refractivity (Wildman–Crippen MR) is 112 cm³/mol. The lowest BCUT2D eigenvalue weighted by atomic mass is 9.79. The zero-order valence-corrected chi connectivity index (χ0v) is 17.2. The molecule has 1 aromatic carbocycles. The Morgan fingerprint density at radius 1 is 1.40 bits per heavy atom. The van der Waals surface area contributed by atoms with Crippen LogP contribution in [0.2, 0.25) is 0 Å². The maximum absolute atomic E-state index is 13.6. The number of carbonyl (C=O) groups is 1. The van der Waals surface area contributed by atoms with Crippen LogP contribution in [0.4, 0.5) is 8.78 Å². The van der Waals surface area contributed by atoms with Crippen molar-refractivity contribution in [3.63, 3.8) is 0 Å². The molecule has 1 amide bonds. The summed E-state index contributed by atoms with van der Waals surface area (Å²) in [5, 5.41) is 12.9. The highest BCUT2D eigenvalue weighted by Crippen LogP contribution is 2.48. The van der Waals surface area contributed by atoms with E-state index in [4.69, 9.17) is 0 Å². The maximum Gasteiger partial charge on any atom is 0.267 e. The van der Waals surface area contributed by atoms with Crippen molar-refractivity contribution in [2.24, 2.45) is 5.92 Å². The third-order valence-electron chi connectivity index (χ3n) is 6.86. The Hall–Kier alpha value is -2.25. The Labute approximate surface area is 174 Å². The van der Waals surface area contributed by atoms with Crippen LogP contribution >= 0.6 is 0 Å². The van der Waals surface area contributed by atoms with E-state index in [0.717, 1.165) is 23.1 Å². The van der Waals surface area contributed by atoms with E-state index >= 15 is 0 Å². The highest BCUT2D eigenvalue weighted by atomic mass is 19.3. The number of hydrogen-bond acceptors (Lipinski definition) is 3. The molecule has 3 atom stereocenters. The van der Waals surface area contributed by atoms with Crippen molar-refractivity contribution in [1.82, 2.24) is 15.2 Å². The third kappa shape index (κ3) is 3.15. The van der Waals surface area contributed by atoms with Gasteiger partial charge >= 0.3 is 0 Å². The van der Waals surface area contributed by atoms with Crippen LogP contribution in [-0.4, -0.2) is 59.1 Å². The van der Waals surface area contributed by atoms with Gasteiger partial charge in [-0.25, -0.2) is 8.78 Å². The van der Waals surface area contributed by atoms with Crippen LogP contribution < -0.4 is 5.32 Å². The van der Waals surface area contributed by atoms with Crippen LogP contribution in [-0.2, 0) is 11.2 Å². The minimum absolute atomic E-state index is 0.168. The number of nitrogens with one attached hydrogen (secondary N) is 2. The van der Waals surface area contributed by atoms with E-state index in [1.165, 1.54) is 29.5 Å². The van der Waals surface area contributed by atoms with Gasteiger partial charge in [0.1, 0.15) is 6.04 Å². The molecule has 160 valence electrons. The number of aliphatic hydroxyl groups excluding tert-OH is 1. The summed E-state index contributed by atoms with van der Waals surface area (Å²) in [5.74, 6) is -3.57. The van der Waals surface area contributed by atoms with Crippen molar-refractivity contribution in [3.05, 3.63) is 41.1 Å². The molecule has 3 N–H and O–H groups in total. The number of alkyl halides is 2. The number of nitrogens with zero attached hydrogens (tertiary/aromatic N) is 1. The first-order chi connectivity index (χ1) is 14.3. The smallest absolute Gasteiger partial charge is 0.267 e. The molecule has 0 bridgehead atoms. The van der Waals surface area contributed by atoms with Gasteiger partial charge in [-0.2, -0.15) is 0 Å². The fourth-order valence-electron chi connectivity index (χ4n) is 5.06. The second-order valence-electron chi connectivity index (χ2n) is 9.11. The summed E-state index contributed by atoms with van der Waals surface area (Å²) >= 11 is 0. The number of carbonyl (C=O) groups excluding carboxylic acids is 1. The number of H-pyrrole nitrogens is 1.